The van der Waals surface area contributed by atoms with E-state index in [1.165, 1.54) is 12.1 Å². The summed E-state index contributed by atoms with van der Waals surface area (Å²) >= 11 is 0. The lowest BCUT2D eigenvalue weighted by molar-refractivity contribution is 0.0843. The van der Waals surface area contributed by atoms with Gasteiger partial charge in [0.15, 0.2) is 0 Å². The molecule has 0 saturated carbocycles. The molecule has 23 heavy (non-hydrogen) atoms. The summed E-state index contributed by atoms with van der Waals surface area (Å²) < 4.78 is 5.24. The first kappa shape index (κ1) is 16.0. The quantitative estimate of drug-likeness (QED) is 0.847. The number of fused-ring (bicyclic) bond motifs is 1. The second-order valence-electron chi connectivity index (χ2n) is 6.22. The fourth-order valence-electron chi connectivity index (χ4n) is 3.41. The van der Waals surface area contributed by atoms with Gasteiger partial charge in [-0.2, -0.15) is 0 Å². The predicted molar refractivity (Wildman–Crippen MR) is 88.7 cm³/mol. The standard InChI is InChI=1S/C18H23NO4/c1-2-12-7-15-13(8-18(22)23-17(15)9-16(12)21)10-19-6-4-3-5-14(19)11-20/h7-9,14,20-21H,2-6,10-11H2,1H3. The molecular weight excluding hydrogens is 294 g/mol. The highest BCUT2D eigenvalue weighted by molar-refractivity contribution is 5.82. The number of piperidine rings is 1. The van der Waals surface area contributed by atoms with Crippen molar-refractivity contribution in [1.82, 2.24) is 4.90 Å². The zero-order valence-electron chi connectivity index (χ0n) is 13.4. The van der Waals surface area contributed by atoms with E-state index < -0.39 is 5.63 Å². The van der Waals surface area contributed by atoms with Gasteiger partial charge in [0.1, 0.15) is 11.3 Å². The zero-order valence-corrected chi connectivity index (χ0v) is 13.4. The number of phenols is 1. The van der Waals surface area contributed by atoms with Crippen LogP contribution in [-0.2, 0) is 13.0 Å². The highest BCUT2D eigenvalue weighted by Crippen LogP contribution is 2.28. The van der Waals surface area contributed by atoms with Crippen LogP contribution in [0.1, 0.15) is 37.3 Å². The third kappa shape index (κ3) is 3.26. The Bertz CT molecular complexity index is 753. The Balaban J connectivity index is 2.03. The SMILES string of the molecule is CCc1cc2c(CN3CCCCC3CO)cc(=O)oc2cc1O. The summed E-state index contributed by atoms with van der Waals surface area (Å²) in [6, 6.07) is 5.11. The van der Waals surface area contributed by atoms with Crippen LogP contribution in [0.4, 0.5) is 0 Å². The summed E-state index contributed by atoms with van der Waals surface area (Å²) in [7, 11) is 0. The number of benzene rings is 1. The number of hydrogen-bond donors (Lipinski definition) is 2. The molecule has 1 unspecified atom stereocenters. The van der Waals surface area contributed by atoms with Gasteiger partial charge in [-0.3, -0.25) is 4.90 Å². The third-order valence-corrected chi connectivity index (χ3v) is 4.74. The lowest BCUT2D eigenvalue weighted by Gasteiger charge is -2.34. The van der Waals surface area contributed by atoms with Gasteiger partial charge in [-0.05, 0) is 43.0 Å². The number of aromatic hydroxyl groups is 1. The molecule has 0 spiro atoms. The highest BCUT2D eigenvalue weighted by atomic mass is 16.4. The first-order chi connectivity index (χ1) is 11.1. The van der Waals surface area contributed by atoms with Crippen molar-refractivity contribution in [2.24, 2.45) is 0 Å². The zero-order chi connectivity index (χ0) is 16.4. The van der Waals surface area contributed by atoms with Gasteiger partial charge in [-0.1, -0.05) is 13.3 Å². The van der Waals surface area contributed by atoms with Crippen LogP contribution in [0.15, 0.2) is 27.4 Å². The van der Waals surface area contributed by atoms with Gasteiger partial charge >= 0.3 is 5.63 Å². The Morgan fingerprint density at radius 3 is 2.83 bits per heavy atom. The number of aryl methyl sites for hydroxylation is 1. The van der Waals surface area contributed by atoms with Crippen molar-refractivity contribution in [3.63, 3.8) is 0 Å². The number of likely N-dealkylation sites (tertiary alicyclic amines) is 1. The Morgan fingerprint density at radius 2 is 2.09 bits per heavy atom. The van der Waals surface area contributed by atoms with Crippen molar-refractivity contribution in [2.75, 3.05) is 13.2 Å². The number of aliphatic hydroxyl groups excluding tert-OH is 1. The molecule has 5 heteroatoms. The molecule has 1 aromatic heterocycles. The molecule has 1 aromatic carbocycles. The molecule has 2 heterocycles. The summed E-state index contributed by atoms with van der Waals surface area (Å²) in [5.74, 6) is 0.159. The molecule has 1 fully saturated rings. The van der Waals surface area contributed by atoms with E-state index in [0.717, 1.165) is 42.3 Å². The second kappa shape index (κ2) is 6.72. The van der Waals surface area contributed by atoms with Gasteiger partial charge < -0.3 is 14.6 Å². The molecule has 2 aromatic rings. The lowest BCUT2D eigenvalue weighted by Crippen LogP contribution is -2.41. The minimum absolute atomic E-state index is 0.139. The molecule has 1 aliphatic heterocycles. The van der Waals surface area contributed by atoms with E-state index in [1.54, 1.807) is 0 Å². The summed E-state index contributed by atoms with van der Waals surface area (Å²) in [6.07, 6.45) is 3.93. The Hall–Kier alpha value is -1.85. The first-order valence-corrected chi connectivity index (χ1v) is 8.26. The van der Waals surface area contributed by atoms with Crippen molar-refractivity contribution >= 4 is 11.0 Å². The summed E-state index contributed by atoms with van der Waals surface area (Å²) in [6.45, 7) is 3.65. The summed E-state index contributed by atoms with van der Waals surface area (Å²) in [5, 5.41) is 20.4. The third-order valence-electron chi connectivity index (χ3n) is 4.74. The van der Waals surface area contributed by atoms with Gasteiger partial charge in [0.05, 0.1) is 6.61 Å². The number of phenolic OH excluding ortho intramolecular Hbond substituents is 1. The monoisotopic (exact) mass is 317 g/mol. The fourth-order valence-corrected chi connectivity index (χ4v) is 3.41. The van der Waals surface area contributed by atoms with E-state index in [2.05, 4.69) is 4.90 Å². The molecular formula is C18H23NO4. The van der Waals surface area contributed by atoms with Crippen LogP contribution < -0.4 is 5.63 Å². The van der Waals surface area contributed by atoms with E-state index in [9.17, 15) is 15.0 Å². The minimum Gasteiger partial charge on any atom is -0.508 e. The number of hydrogen-bond acceptors (Lipinski definition) is 5. The molecule has 0 aliphatic carbocycles. The van der Waals surface area contributed by atoms with Crippen molar-refractivity contribution in [2.45, 2.75) is 45.2 Å². The van der Waals surface area contributed by atoms with E-state index in [0.29, 0.717) is 18.5 Å². The Labute approximate surface area is 135 Å². The van der Waals surface area contributed by atoms with Gasteiger partial charge in [0, 0.05) is 30.1 Å². The van der Waals surface area contributed by atoms with E-state index in [-0.39, 0.29) is 18.4 Å². The molecule has 0 bridgehead atoms. The minimum atomic E-state index is -0.409. The molecule has 5 nitrogen and oxygen atoms in total. The molecule has 1 saturated heterocycles. The van der Waals surface area contributed by atoms with Gasteiger partial charge in [-0.25, -0.2) is 4.79 Å². The van der Waals surface area contributed by atoms with Crippen molar-refractivity contribution in [3.05, 3.63) is 39.7 Å². The van der Waals surface area contributed by atoms with Crippen LogP contribution in [-0.4, -0.2) is 34.3 Å². The predicted octanol–water partition coefficient (Wildman–Crippen LogP) is 2.41. The molecule has 0 radical (unpaired) electrons. The molecule has 1 atom stereocenters. The molecule has 2 N–H and O–H groups in total. The van der Waals surface area contributed by atoms with Crippen LogP contribution in [0.2, 0.25) is 0 Å². The highest BCUT2D eigenvalue weighted by Gasteiger charge is 2.23. The maximum Gasteiger partial charge on any atom is 0.336 e. The van der Waals surface area contributed by atoms with E-state index in [1.807, 2.05) is 13.0 Å². The normalized spacial score (nSPS) is 19.3. The van der Waals surface area contributed by atoms with Crippen molar-refractivity contribution in [3.8, 4) is 5.75 Å². The number of nitrogens with zero attached hydrogens (tertiary/aromatic N) is 1. The largest absolute Gasteiger partial charge is 0.508 e. The summed E-state index contributed by atoms with van der Waals surface area (Å²) in [5.41, 5.74) is 1.74. The first-order valence-electron chi connectivity index (χ1n) is 8.26. The fraction of sp³-hybridized carbons (Fsp3) is 0.500. The van der Waals surface area contributed by atoms with Crippen molar-refractivity contribution in [1.29, 1.82) is 0 Å². The van der Waals surface area contributed by atoms with Gasteiger partial charge in [0.2, 0.25) is 0 Å². The smallest absolute Gasteiger partial charge is 0.336 e. The Morgan fingerprint density at radius 1 is 1.26 bits per heavy atom. The number of rotatable bonds is 4. The maximum atomic E-state index is 11.8. The summed E-state index contributed by atoms with van der Waals surface area (Å²) in [4.78, 5) is 14.1. The average molecular weight is 317 g/mol. The molecule has 1 aliphatic rings. The van der Waals surface area contributed by atoms with Crippen LogP contribution in [0, 0.1) is 0 Å². The van der Waals surface area contributed by atoms with Crippen molar-refractivity contribution < 1.29 is 14.6 Å². The molecule has 0 amide bonds. The lowest BCUT2D eigenvalue weighted by atomic mass is 10.00. The van der Waals surface area contributed by atoms with E-state index in [4.69, 9.17) is 4.42 Å². The topological polar surface area (TPSA) is 73.9 Å². The molecule has 124 valence electrons. The van der Waals surface area contributed by atoms with Crippen LogP contribution in [0.25, 0.3) is 11.0 Å². The Kier molecular flexibility index (Phi) is 4.68. The number of aliphatic hydroxyl groups is 1. The second-order valence-corrected chi connectivity index (χ2v) is 6.22. The van der Waals surface area contributed by atoms with Gasteiger partial charge in [-0.15, -0.1) is 0 Å². The van der Waals surface area contributed by atoms with Crippen LogP contribution >= 0.6 is 0 Å². The molecule has 3 rings (SSSR count). The van der Waals surface area contributed by atoms with Crippen LogP contribution in [0.5, 0.6) is 5.75 Å². The maximum absolute atomic E-state index is 11.8. The van der Waals surface area contributed by atoms with E-state index >= 15 is 0 Å². The average Bonchev–Trinajstić information content (AvgIpc) is 2.54. The van der Waals surface area contributed by atoms with Gasteiger partial charge in [0.25, 0.3) is 0 Å². The van der Waals surface area contributed by atoms with Crippen LogP contribution in [0.3, 0.4) is 0 Å².